The molecule has 26 heavy (non-hydrogen) atoms. The van der Waals surface area contributed by atoms with Crippen LogP contribution in [0.3, 0.4) is 0 Å². The van der Waals surface area contributed by atoms with Crippen molar-refractivity contribution in [2.24, 2.45) is 0 Å². The van der Waals surface area contributed by atoms with Crippen molar-refractivity contribution in [2.45, 2.75) is 12.3 Å². The molecule has 1 aliphatic carbocycles. The summed E-state index contributed by atoms with van der Waals surface area (Å²) in [5.74, 6) is 0.447. The zero-order valence-corrected chi connectivity index (χ0v) is 15.2. The van der Waals surface area contributed by atoms with Gasteiger partial charge in [-0.15, -0.1) is 11.3 Å². The van der Waals surface area contributed by atoms with Crippen molar-refractivity contribution in [1.29, 1.82) is 0 Å². The largest absolute Gasteiger partial charge is 0.399 e. The van der Waals surface area contributed by atoms with Crippen molar-refractivity contribution >= 4 is 33.2 Å². The van der Waals surface area contributed by atoms with Crippen molar-refractivity contribution < 1.29 is 0 Å². The molecule has 4 aromatic rings. The Kier molecular flexibility index (Phi) is 3.65. The molecule has 1 atom stereocenters. The molecule has 0 bridgehead atoms. The summed E-state index contributed by atoms with van der Waals surface area (Å²) in [5, 5.41) is 1.35. The van der Waals surface area contributed by atoms with E-state index in [1.165, 1.54) is 37.2 Å². The van der Waals surface area contributed by atoms with Crippen LogP contribution in [-0.4, -0.2) is 0 Å². The van der Waals surface area contributed by atoms with Crippen LogP contribution in [0.4, 0.5) is 5.69 Å². The summed E-state index contributed by atoms with van der Waals surface area (Å²) in [6.07, 6.45) is 5.69. The molecule has 0 aliphatic heterocycles. The number of fused-ring (bicyclic) bond motifs is 3. The number of hydrogen-bond donors (Lipinski definition) is 1. The van der Waals surface area contributed by atoms with Crippen molar-refractivity contribution in [3.8, 4) is 11.1 Å². The minimum Gasteiger partial charge on any atom is -0.399 e. The summed E-state index contributed by atoms with van der Waals surface area (Å²) < 4.78 is 1.36. The fourth-order valence-electron chi connectivity index (χ4n) is 3.92. The van der Waals surface area contributed by atoms with Crippen LogP contribution in [0, 0.1) is 0 Å². The van der Waals surface area contributed by atoms with E-state index in [4.69, 9.17) is 5.73 Å². The van der Waals surface area contributed by atoms with Gasteiger partial charge in [0, 0.05) is 26.6 Å². The molecule has 0 saturated carbocycles. The standard InChI is InChI=1S/C24H19NS/c25-18-10-4-9-17(15-18)20-12-6-14-22-21-13-5-11-19(23(21)26-24(20)22)16-7-2-1-3-8-16/h1-10,12-15,19H,11,25H2. The molecule has 0 fully saturated rings. The third-order valence-electron chi connectivity index (χ3n) is 5.16. The number of rotatable bonds is 2. The van der Waals surface area contributed by atoms with E-state index in [1.807, 2.05) is 23.5 Å². The lowest BCUT2D eigenvalue weighted by molar-refractivity contribution is 0.840. The van der Waals surface area contributed by atoms with Gasteiger partial charge in [0.1, 0.15) is 0 Å². The molecule has 0 amide bonds. The van der Waals surface area contributed by atoms with Gasteiger partial charge in [-0.2, -0.15) is 0 Å². The molecule has 5 rings (SSSR count). The van der Waals surface area contributed by atoms with Gasteiger partial charge in [0.15, 0.2) is 0 Å². The molecule has 1 heterocycles. The number of nitrogen functional groups attached to an aromatic ring is 1. The predicted octanol–water partition coefficient (Wildman–Crippen LogP) is 6.70. The molecule has 2 N–H and O–H groups in total. The molecular weight excluding hydrogens is 334 g/mol. The fraction of sp³-hybridized carbons (Fsp3) is 0.0833. The van der Waals surface area contributed by atoms with Crippen LogP contribution in [0.25, 0.3) is 27.3 Å². The van der Waals surface area contributed by atoms with Crippen molar-refractivity contribution in [2.75, 3.05) is 5.73 Å². The minimum atomic E-state index is 0.447. The Bertz CT molecular complexity index is 1120. The number of nitrogens with two attached hydrogens (primary N) is 1. The SMILES string of the molecule is Nc1cccc(-c2cccc3c4c(sc23)C(c2ccccc2)CC=C4)c1. The maximum atomic E-state index is 6.03. The second kappa shape index (κ2) is 6.15. The Labute approximate surface area is 157 Å². The first kappa shape index (κ1) is 15.4. The molecule has 1 aliphatic rings. The molecule has 1 unspecified atom stereocenters. The van der Waals surface area contributed by atoms with Gasteiger partial charge in [-0.3, -0.25) is 0 Å². The maximum Gasteiger partial charge on any atom is 0.0430 e. The average molecular weight is 353 g/mol. The zero-order chi connectivity index (χ0) is 17.5. The lowest BCUT2D eigenvalue weighted by atomic mass is 9.87. The third-order valence-corrected chi connectivity index (χ3v) is 6.52. The van der Waals surface area contributed by atoms with Crippen LogP contribution in [0.2, 0.25) is 0 Å². The third kappa shape index (κ3) is 2.46. The van der Waals surface area contributed by atoms with Crippen LogP contribution in [0.15, 0.2) is 78.9 Å². The summed E-state index contributed by atoms with van der Waals surface area (Å²) in [6, 6.07) is 25.7. The van der Waals surface area contributed by atoms with Gasteiger partial charge in [0.25, 0.3) is 0 Å². The highest BCUT2D eigenvalue weighted by molar-refractivity contribution is 7.20. The lowest BCUT2D eigenvalue weighted by Gasteiger charge is -2.18. The van der Waals surface area contributed by atoms with Gasteiger partial charge in [-0.05, 0) is 40.8 Å². The van der Waals surface area contributed by atoms with E-state index in [1.54, 1.807) is 0 Å². The number of hydrogen-bond acceptors (Lipinski definition) is 2. The van der Waals surface area contributed by atoms with Gasteiger partial charge < -0.3 is 5.73 Å². The van der Waals surface area contributed by atoms with Gasteiger partial charge in [-0.1, -0.05) is 72.8 Å². The second-order valence-electron chi connectivity index (χ2n) is 6.79. The van der Waals surface area contributed by atoms with E-state index in [-0.39, 0.29) is 0 Å². The molecular formula is C24H19NS. The summed E-state index contributed by atoms with van der Waals surface area (Å²) in [5.41, 5.74) is 12.1. The van der Waals surface area contributed by atoms with Crippen molar-refractivity contribution in [3.05, 3.63) is 94.9 Å². The monoisotopic (exact) mass is 353 g/mol. The van der Waals surface area contributed by atoms with Gasteiger partial charge in [0.2, 0.25) is 0 Å². The summed E-state index contributed by atoms with van der Waals surface area (Å²) in [6.45, 7) is 0. The van der Waals surface area contributed by atoms with Crippen LogP contribution < -0.4 is 5.73 Å². The van der Waals surface area contributed by atoms with E-state index in [9.17, 15) is 0 Å². The summed E-state index contributed by atoms with van der Waals surface area (Å²) in [7, 11) is 0. The molecule has 3 aromatic carbocycles. The Hall–Kier alpha value is -2.84. The molecule has 126 valence electrons. The molecule has 2 heteroatoms. The molecule has 0 radical (unpaired) electrons. The predicted molar refractivity (Wildman–Crippen MR) is 114 cm³/mol. The van der Waals surface area contributed by atoms with Crippen molar-refractivity contribution in [3.63, 3.8) is 0 Å². The van der Waals surface area contributed by atoms with E-state index < -0.39 is 0 Å². The Morgan fingerprint density at radius 2 is 1.73 bits per heavy atom. The first-order chi connectivity index (χ1) is 12.8. The quantitative estimate of drug-likeness (QED) is 0.399. The highest BCUT2D eigenvalue weighted by Gasteiger charge is 2.24. The van der Waals surface area contributed by atoms with E-state index >= 15 is 0 Å². The van der Waals surface area contributed by atoms with E-state index in [0.717, 1.165) is 12.1 Å². The fourth-order valence-corrected chi connectivity index (χ4v) is 5.39. The average Bonchev–Trinajstić information content (AvgIpc) is 3.07. The maximum absolute atomic E-state index is 6.03. The van der Waals surface area contributed by atoms with Gasteiger partial charge >= 0.3 is 0 Å². The first-order valence-corrected chi connectivity index (χ1v) is 9.76. The number of anilines is 1. The highest BCUT2D eigenvalue weighted by atomic mass is 32.1. The van der Waals surface area contributed by atoms with E-state index in [0.29, 0.717) is 5.92 Å². The second-order valence-corrected chi connectivity index (χ2v) is 7.84. The Morgan fingerprint density at radius 3 is 2.58 bits per heavy atom. The molecule has 1 nitrogen and oxygen atoms in total. The first-order valence-electron chi connectivity index (χ1n) is 8.94. The normalized spacial score (nSPS) is 15.9. The van der Waals surface area contributed by atoms with Gasteiger partial charge in [-0.25, -0.2) is 0 Å². The zero-order valence-electron chi connectivity index (χ0n) is 14.4. The lowest BCUT2D eigenvalue weighted by Crippen LogP contribution is -2.02. The van der Waals surface area contributed by atoms with Crippen LogP contribution in [0.1, 0.15) is 28.3 Å². The summed E-state index contributed by atoms with van der Waals surface area (Å²) >= 11 is 1.94. The van der Waals surface area contributed by atoms with Crippen LogP contribution in [0.5, 0.6) is 0 Å². The minimum absolute atomic E-state index is 0.447. The molecule has 0 spiro atoms. The number of thiophene rings is 1. The van der Waals surface area contributed by atoms with Gasteiger partial charge in [0.05, 0.1) is 0 Å². The topological polar surface area (TPSA) is 26.0 Å². The Morgan fingerprint density at radius 1 is 0.885 bits per heavy atom. The number of benzene rings is 3. The highest BCUT2D eigenvalue weighted by Crippen LogP contribution is 2.46. The Balaban J connectivity index is 1.73. The summed E-state index contributed by atoms with van der Waals surface area (Å²) in [4.78, 5) is 1.48. The van der Waals surface area contributed by atoms with Crippen LogP contribution >= 0.6 is 11.3 Å². The molecule has 0 saturated heterocycles. The number of allylic oxidation sites excluding steroid dienone is 1. The van der Waals surface area contributed by atoms with Crippen molar-refractivity contribution in [1.82, 2.24) is 0 Å². The van der Waals surface area contributed by atoms with E-state index in [2.05, 4.69) is 72.8 Å². The smallest absolute Gasteiger partial charge is 0.0430 e. The van der Waals surface area contributed by atoms with Crippen LogP contribution in [-0.2, 0) is 0 Å². The molecule has 1 aromatic heterocycles.